The smallest absolute Gasteiger partial charge is 0.306 e. The third kappa shape index (κ3) is 46.9. The Morgan fingerprint density at radius 3 is 1.22 bits per heavy atom. The second-order valence-corrected chi connectivity index (χ2v) is 19.7. The fourth-order valence-corrected chi connectivity index (χ4v) is 8.93. The predicted octanol–water partition coefficient (Wildman–Crippen LogP) is 17.5. The number of aliphatic hydroxyl groups excluding tert-OH is 2. The fraction of sp³-hybridized carbons (Fsp3) is 0.897. The predicted molar refractivity (Wildman–Crippen MR) is 278 cm³/mol. The highest BCUT2D eigenvalue weighted by Gasteiger charge is 2.24. The Hall–Kier alpha value is -1.66. The van der Waals surface area contributed by atoms with E-state index in [1.54, 1.807) is 0 Å². The van der Waals surface area contributed by atoms with Crippen LogP contribution in [0.1, 0.15) is 310 Å². The van der Waals surface area contributed by atoms with Crippen LogP contribution in [0.2, 0.25) is 0 Å². The number of carbonyl (C=O) groups is 2. The fourth-order valence-electron chi connectivity index (χ4n) is 8.93. The first-order valence-corrected chi connectivity index (χ1v) is 28.6. The molecule has 64 heavy (non-hydrogen) atoms. The van der Waals surface area contributed by atoms with Gasteiger partial charge in [0, 0.05) is 6.42 Å². The van der Waals surface area contributed by atoms with Crippen molar-refractivity contribution in [3.63, 3.8) is 0 Å². The van der Waals surface area contributed by atoms with E-state index in [0.29, 0.717) is 19.3 Å². The van der Waals surface area contributed by atoms with Gasteiger partial charge < -0.3 is 20.3 Å². The first-order chi connectivity index (χ1) is 31.5. The molecule has 0 fully saturated rings. The van der Waals surface area contributed by atoms with E-state index in [9.17, 15) is 19.8 Å². The summed E-state index contributed by atoms with van der Waals surface area (Å²) in [6.07, 6.45) is 60.9. The van der Waals surface area contributed by atoms with Gasteiger partial charge >= 0.3 is 5.97 Å². The molecule has 0 aliphatic rings. The van der Waals surface area contributed by atoms with Gasteiger partial charge in [0.1, 0.15) is 6.10 Å². The Labute approximate surface area is 399 Å². The van der Waals surface area contributed by atoms with Crippen molar-refractivity contribution in [3.05, 3.63) is 24.3 Å². The van der Waals surface area contributed by atoms with Crippen LogP contribution in [-0.4, -0.2) is 46.9 Å². The highest BCUT2D eigenvalue weighted by Crippen LogP contribution is 2.19. The number of esters is 1. The minimum Gasteiger partial charge on any atom is -0.462 e. The van der Waals surface area contributed by atoms with Crippen molar-refractivity contribution < 1.29 is 24.5 Å². The molecule has 6 heteroatoms. The van der Waals surface area contributed by atoms with Crippen LogP contribution in [0, 0.1) is 0 Å². The summed E-state index contributed by atoms with van der Waals surface area (Å²) in [6, 6.07) is -0.698. The van der Waals surface area contributed by atoms with Crippen LogP contribution < -0.4 is 5.32 Å². The number of unbranched alkanes of at least 4 members (excludes halogenated alkanes) is 36. The van der Waals surface area contributed by atoms with E-state index in [1.165, 1.54) is 205 Å². The van der Waals surface area contributed by atoms with Gasteiger partial charge in [-0.2, -0.15) is 0 Å². The molecule has 0 aromatic rings. The molecule has 3 unspecified atom stereocenters. The molecule has 0 heterocycles. The first kappa shape index (κ1) is 62.3. The van der Waals surface area contributed by atoms with E-state index in [0.717, 1.165) is 57.8 Å². The van der Waals surface area contributed by atoms with Gasteiger partial charge in [-0.1, -0.05) is 263 Å². The number of allylic oxidation sites excluding steroid dienone is 4. The Morgan fingerprint density at radius 2 is 0.797 bits per heavy atom. The standard InChI is InChI=1S/C58H111NO5/c1-4-7-10-13-16-19-22-25-27-28-30-33-36-39-42-45-48-51-58(63)64-54(49-46-43-40-37-34-31-24-21-18-15-12-9-6-3)52-57(62)59-55(53-60)56(61)50-47-44-41-38-35-32-29-26-23-20-17-14-11-8-5-2/h16,19,25,27,54-56,60-61H,4-15,17-18,20-24,26,28-53H2,1-3H3,(H,59,62)/b19-16-,27-25-. The summed E-state index contributed by atoms with van der Waals surface area (Å²) >= 11 is 0. The zero-order chi connectivity index (χ0) is 46.7. The Kier molecular flexibility index (Phi) is 51.0. The first-order valence-electron chi connectivity index (χ1n) is 28.6. The molecule has 6 nitrogen and oxygen atoms in total. The molecular formula is C58H111NO5. The number of ether oxygens (including phenoxy) is 1. The zero-order valence-corrected chi connectivity index (χ0v) is 43.2. The third-order valence-electron chi connectivity index (χ3n) is 13.3. The van der Waals surface area contributed by atoms with Crippen LogP contribution in [-0.2, 0) is 14.3 Å². The lowest BCUT2D eigenvalue weighted by molar-refractivity contribution is -0.151. The van der Waals surface area contributed by atoms with E-state index in [4.69, 9.17) is 4.74 Å². The van der Waals surface area contributed by atoms with Gasteiger partial charge in [0.15, 0.2) is 0 Å². The van der Waals surface area contributed by atoms with Gasteiger partial charge in [-0.05, 0) is 57.8 Å². The van der Waals surface area contributed by atoms with Crippen LogP contribution >= 0.6 is 0 Å². The quantitative estimate of drug-likeness (QED) is 0.0321. The monoisotopic (exact) mass is 902 g/mol. The molecule has 0 bridgehead atoms. The largest absolute Gasteiger partial charge is 0.462 e. The molecule has 1 amide bonds. The molecule has 378 valence electrons. The van der Waals surface area contributed by atoms with Crippen molar-refractivity contribution in [2.45, 2.75) is 328 Å². The number of rotatable bonds is 52. The lowest BCUT2D eigenvalue weighted by Crippen LogP contribution is -2.46. The number of nitrogens with one attached hydrogen (secondary N) is 1. The Morgan fingerprint density at radius 1 is 0.453 bits per heavy atom. The van der Waals surface area contributed by atoms with Gasteiger partial charge in [-0.3, -0.25) is 9.59 Å². The van der Waals surface area contributed by atoms with Gasteiger partial charge in [-0.15, -0.1) is 0 Å². The minimum absolute atomic E-state index is 0.0805. The van der Waals surface area contributed by atoms with Gasteiger partial charge in [0.25, 0.3) is 0 Å². The summed E-state index contributed by atoms with van der Waals surface area (Å²) in [5.74, 6) is -0.464. The molecule has 0 aliphatic carbocycles. The van der Waals surface area contributed by atoms with E-state index < -0.39 is 18.2 Å². The molecule has 0 radical (unpaired) electrons. The van der Waals surface area contributed by atoms with E-state index in [1.807, 2.05) is 0 Å². The maximum absolute atomic E-state index is 13.3. The maximum Gasteiger partial charge on any atom is 0.306 e. The normalized spacial score (nSPS) is 13.3. The molecule has 0 spiro atoms. The average molecular weight is 903 g/mol. The second-order valence-electron chi connectivity index (χ2n) is 19.7. The van der Waals surface area contributed by atoms with Crippen molar-refractivity contribution in [3.8, 4) is 0 Å². The van der Waals surface area contributed by atoms with Crippen LogP contribution in [0.25, 0.3) is 0 Å². The minimum atomic E-state index is -0.785. The molecule has 0 rings (SSSR count). The SMILES string of the molecule is CCCCC/C=C\C/C=C\CCCCCCCCCC(=O)OC(CCCCCCCCCCCCCCC)CC(=O)NC(CO)C(O)CCCCCCCCCCCCCCCCC. The lowest BCUT2D eigenvalue weighted by Gasteiger charge is -2.24. The van der Waals surface area contributed by atoms with Crippen molar-refractivity contribution in [1.82, 2.24) is 5.32 Å². The van der Waals surface area contributed by atoms with Crippen molar-refractivity contribution in [2.75, 3.05) is 6.61 Å². The molecule has 3 atom stereocenters. The zero-order valence-electron chi connectivity index (χ0n) is 43.2. The second kappa shape index (κ2) is 52.3. The van der Waals surface area contributed by atoms with Crippen molar-refractivity contribution >= 4 is 11.9 Å². The number of aliphatic hydroxyl groups is 2. The third-order valence-corrected chi connectivity index (χ3v) is 13.3. The summed E-state index contributed by atoms with van der Waals surface area (Å²) in [6.45, 7) is 6.49. The van der Waals surface area contributed by atoms with Gasteiger partial charge in [-0.25, -0.2) is 0 Å². The molecule has 3 N–H and O–H groups in total. The average Bonchev–Trinajstić information content (AvgIpc) is 3.29. The molecule has 0 aromatic carbocycles. The van der Waals surface area contributed by atoms with Crippen LogP contribution in [0.15, 0.2) is 24.3 Å². The molecular weight excluding hydrogens is 791 g/mol. The topological polar surface area (TPSA) is 95.9 Å². The summed E-state index contributed by atoms with van der Waals surface area (Å²) in [5.41, 5.74) is 0. The van der Waals surface area contributed by atoms with Gasteiger partial charge in [0.05, 0.1) is 25.2 Å². The summed E-state index contributed by atoms with van der Waals surface area (Å²) in [5, 5.41) is 23.9. The molecule has 0 saturated carbocycles. The molecule has 0 aromatic heterocycles. The highest BCUT2D eigenvalue weighted by molar-refractivity contribution is 5.77. The summed E-state index contributed by atoms with van der Waals surface area (Å²) < 4.78 is 5.96. The van der Waals surface area contributed by atoms with E-state index in [2.05, 4.69) is 50.4 Å². The number of amides is 1. The molecule has 0 saturated heterocycles. The Bertz CT molecular complexity index is 1010. The van der Waals surface area contributed by atoms with E-state index in [-0.39, 0.29) is 24.9 Å². The van der Waals surface area contributed by atoms with Gasteiger partial charge in [0.2, 0.25) is 5.91 Å². The maximum atomic E-state index is 13.3. The number of hydrogen-bond donors (Lipinski definition) is 3. The lowest BCUT2D eigenvalue weighted by atomic mass is 10.0. The van der Waals surface area contributed by atoms with Crippen LogP contribution in [0.4, 0.5) is 0 Å². The van der Waals surface area contributed by atoms with Crippen molar-refractivity contribution in [2.24, 2.45) is 0 Å². The summed E-state index contributed by atoms with van der Waals surface area (Å²) in [7, 11) is 0. The van der Waals surface area contributed by atoms with Crippen molar-refractivity contribution in [1.29, 1.82) is 0 Å². The van der Waals surface area contributed by atoms with E-state index >= 15 is 0 Å². The summed E-state index contributed by atoms with van der Waals surface area (Å²) in [4.78, 5) is 26.2. The highest BCUT2D eigenvalue weighted by atomic mass is 16.5. The number of carbonyl (C=O) groups excluding carboxylic acids is 2. The Balaban J connectivity index is 4.50. The van der Waals surface area contributed by atoms with Crippen LogP contribution in [0.5, 0.6) is 0 Å². The number of hydrogen-bond acceptors (Lipinski definition) is 5. The van der Waals surface area contributed by atoms with Crippen LogP contribution in [0.3, 0.4) is 0 Å². The molecule has 0 aliphatic heterocycles.